The third-order valence-electron chi connectivity index (χ3n) is 1.28. The van der Waals surface area contributed by atoms with Gasteiger partial charge in [0.05, 0.1) is 4.75 Å². The van der Waals surface area contributed by atoms with Gasteiger partial charge >= 0.3 is 0 Å². The van der Waals surface area contributed by atoms with Crippen molar-refractivity contribution in [3.05, 3.63) is 0 Å². The van der Waals surface area contributed by atoms with E-state index in [1.54, 1.807) is 13.8 Å². The molecule has 1 rings (SSSR count). The quantitative estimate of drug-likeness (QED) is 0.337. The maximum atomic E-state index is 11.1. The lowest BCUT2D eigenvalue weighted by atomic mass is 10.2. The summed E-state index contributed by atoms with van der Waals surface area (Å²) >= 11 is 1.30. The van der Waals surface area contributed by atoms with Crippen LogP contribution in [-0.2, 0) is 4.79 Å². The normalized spacial score (nSPS) is 22.1. The number of hydrogen-bond acceptors (Lipinski definition) is 5. The zero-order valence-corrected chi connectivity index (χ0v) is 7.16. The molecule has 0 aromatic heterocycles. The first-order valence-electron chi connectivity index (χ1n) is 3.10. The predicted octanol–water partition coefficient (Wildman–Crippen LogP) is -0.638. The van der Waals surface area contributed by atoms with Gasteiger partial charge in [0.15, 0.2) is 5.17 Å². The summed E-state index contributed by atoms with van der Waals surface area (Å²) in [4.78, 5) is 11.1. The monoisotopic (exact) mass is 174 g/mol. The molecule has 62 valence electrons. The summed E-state index contributed by atoms with van der Waals surface area (Å²) in [6, 6.07) is 0. The number of hydrazone groups is 1. The number of amidine groups is 1. The summed E-state index contributed by atoms with van der Waals surface area (Å²) < 4.78 is -0.497. The van der Waals surface area contributed by atoms with Crippen LogP contribution in [0.3, 0.4) is 0 Å². The molecular formula is C5H10N4OS. The van der Waals surface area contributed by atoms with Crippen LogP contribution in [0.5, 0.6) is 0 Å². The van der Waals surface area contributed by atoms with E-state index < -0.39 is 4.75 Å². The fourth-order valence-electron chi connectivity index (χ4n) is 0.609. The molecule has 4 N–H and O–H groups in total. The van der Waals surface area contributed by atoms with Crippen LogP contribution in [0.2, 0.25) is 0 Å². The summed E-state index contributed by atoms with van der Waals surface area (Å²) in [6.07, 6.45) is 0. The van der Waals surface area contributed by atoms with Crippen molar-refractivity contribution in [1.82, 2.24) is 10.9 Å². The van der Waals surface area contributed by atoms with Gasteiger partial charge in [0.1, 0.15) is 0 Å². The summed E-state index contributed by atoms with van der Waals surface area (Å²) in [5, 5.41) is 4.19. The number of carbonyl (C=O) groups excluding carboxylic acids is 1. The molecule has 0 saturated carbocycles. The molecule has 0 aromatic carbocycles. The second-order valence-corrected chi connectivity index (χ2v) is 4.23. The number of thioether (sulfide) groups is 1. The van der Waals surface area contributed by atoms with Crippen molar-refractivity contribution < 1.29 is 4.79 Å². The average Bonchev–Trinajstić information content (AvgIpc) is 1.95. The van der Waals surface area contributed by atoms with Gasteiger partial charge in [-0.25, -0.2) is 11.3 Å². The van der Waals surface area contributed by atoms with Crippen molar-refractivity contribution in [1.29, 1.82) is 0 Å². The number of carbonyl (C=O) groups is 1. The van der Waals surface area contributed by atoms with E-state index >= 15 is 0 Å². The number of nitrogens with one attached hydrogen (secondary N) is 2. The van der Waals surface area contributed by atoms with Crippen LogP contribution in [0.15, 0.2) is 5.10 Å². The number of nitrogens with zero attached hydrogens (tertiary/aromatic N) is 1. The number of hydrogen-bond donors (Lipinski definition) is 3. The van der Waals surface area contributed by atoms with Crippen molar-refractivity contribution in [2.75, 3.05) is 0 Å². The molecule has 0 aromatic rings. The molecule has 0 fully saturated rings. The van der Waals surface area contributed by atoms with E-state index in [2.05, 4.69) is 16.0 Å². The van der Waals surface area contributed by atoms with Crippen LogP contribution in [0.4, 0.5) is 0 Å². The molecule has 1 heterocycles. The van der Waals surface area contributed by atoms with Crippen molar-refractivity contribution >= 4 is 22.8 Å². The third kappa shape index (κ3) is 1.63. The van der Waals surface area contributed by atoms with Crippen LogP contribution in [0.25, 0.3) is 0 Å². The zero-order valence-electron chi connectivity index (χ0n) is 6.34. The van der Waals surface area contributed by atoms with E-state index in [1.807, 2.05) is 0 Å². The highest BCUT2D eigenvalue weighted by Gasteiger charge is 2.33. The Kier molecular flexibility index (Phi) is 2.05. The highest BCUT2D eigenvalue weighted by Crippen LogP contribution is 2.27. The molecule has 1 aliphatic heterocycles. The van der Waals surface area contributed by atoms with E-state index in [-0.39, 0.29) is 5.91 Å². The predicted molar refractivity (Wildman–Crippen MR) is 44.6 cm³/mol. The minimum Gasteiger partial charge on any atom is -0.302 e. The zero-order chi connectivity index (χ0) is 8.48. The molecule has 6 heteroatoms. The van der Waals surface area contributed by atoms with Crippen LogP contribution in [0.1, 0.15) is 13.8 Å². The van der Waals surface area contributed by atoms with Crippen molar-refractivity contribution in [3.63, 3.8) is 0 Å². The van der Waals surface area contributed by atoms with Gasteiger partial charge in [-0.15, -0.1) is 5.10 Å². The Morgan fingerprint density at radius 2 is 2.36 bits per heavy atom. The average molecular weight is 174 g/mol. The van der Waals surface area contributed by atoms with Crippen molar-refractivity contribution in [2.45, 2.75) is 18.6 Å². The van der Waals surface area contributed by atoms with E-state index in [0.717, 1.165) is 0 Å². The fraction of sp³-hybridized carbons (Fsp3) is 0.600. The molecular weight excluding hydrogens is 164 g/mol. The smallest absolute Gasteiger partial charge is 0.256 e. The van der Waals surface area contributed by atoms with E-state index in [1.165, 1.54) is 11.8 Å². The van der Waals surface area contributed by atoms with E-state index in [4.69, 9.17) is 5.84 Å². The molecule has 0 atom stereocenters. The van der Waals surface area contributed by atoms with E-state index in [9.17, 15) is 4.79 Å². The Morgan fingerprint density at radius 3 is 2.82 bits per heavy atom. The molecule has 0 aliphatic carbocycles. The minimum absolute atomic E-state index is 0.110. The Morgan fingerprint density at radius 1 is 1.73 bits per heavy atom. The standard InChI is InChI=1S/C5H10N4OS/c1-5(2)3(10)8-9-4(7-6)11-5/h6H2,1-2H3,(H,7,9)(H,8,10). The first-order valence-corrected chi connectivity index (χ1v) is 3.91. The Bertz CT molecular complexity index is 213. The van der Waals surface area contributed by atoms with Crippen molar-refractivity contribution in [3.8, 4) is 0 Å². The molecule has 0 radical (unpaired) electrons. The minimum atomic E-state index is -0.497. The van der Waals surface area contributed by atoms with Gasteiger partial charge in [0.25, 0.3) is 5.91 Å². The van der Waals surface area contributed by atoms with Crippen LogP contribution in [0, 0.1) is 0 Å². The van der Waals surface area contributed by atoms with Gasteiger partial charge in [-0.2, -0.15) is 0 Å². The van der Waals surface area contributed by atoms with Crippen LogP contribution in [-0.4, -0.2) is 15.8 Å². The van der Waals surface area contributed by atoms with E-state index in [0.29, 0.717) is 5.17 Å². The molecule has 0 spiro atoms. The number of nitrogens with two attached hydrogens (primary N) is 1. The molecule has 0 saturated heterocycles. The summed E-state index contributed by atoms with van der Waals surface area (Å²) in [5.74, 6) is 5.01. The SMILES string of the molecule is CC1(C)SC(NN)=NNC1=O. The molecule has 1 amide bonds. The van der Waals surface area contributed by atoms with Crippen LogP contribution < -0.4 is 16.7 Å². The third-order valence-corrected chi connectivity index (χ3v) is 2.38. The van der Waals surface area contributed by atoms with Crippen LogP contribution >= 0.6 is 11.8 Å². The summed E-state index contributed by atoms with van der Waals surface area (Å²) in [7, 11) is 0. The first kappa shape index (κ1) is 8.35. The second-order valence-electron chi connectivity index (χ2n) is 2.61. The molecule has 11 heavy (non-hydrogen) atoms. The maximum Gasteiger partial charge on any atom is 0.256 e. The number of hydrazine groups is 1. The van der Waals surface area contributed by atoms with Gasteiger partial charge in [-0.3, -0.25) is 4.79 Å². The van der Waals surface area contributed by atoms with Gasteiger partial charge in [0.2, 0.25) is 0 Å². The molecule has 0 unspecified atom stereocenters. The first-order chi connectivity index (χ1) is 5.06. The topological polar surface area (TPSA) is 79.5 Å². The Labute approximate surface area is 68.8 Å². The summed E-state index contributed by atoms with van der Waals surface area (Å²) in [6.45, 7) is 3.61. The molecule has 1 aliphatic rings. The lowest BCUT2D eigenvalue weighted by molar-refractivity contribution is -0.122. The van der Waals surface area contributed by atoms with Crippen molar-refractivity contribution in [2.24, 2.45) is 10.9 Å². The highest BCUT2D eigenvalue weighted by atomic mass is 32.2. The summed E-state index contributed by atoms with van der Waals surface area (Å²) in [5.41, 5.74) is 4.74. The second kappa shape index (κ2) is 2.71. The largest absolute Gasteiger partial charge is 0.302 e. The molecule has 5 nitrogen and oxygen atoms in total. The van der Waals surface area contributed by atoms with Gasteiger partial charge in [0, 0.05) is 0 Å². The fourth-order valence-corrected chi connectivity index (χ4v) is 1.38. The van der Waals surface area contributed by atoms with Gasteiger partial charge < -0.3 is 5.43 Å². The maximum absolute atomic E-state index is 11.1. The lowest BCUT2D eigenvalue weighted by Gasteiger charge is -2.25. The Hall–Kier alpha value is -0.750. The Balaban J connectivity index is 2.77. The lowest BCUT2D eigenvalue weighted by Crippen LogP contribution is -2.46. The van der Waals surface area contributed by atoms with Gasteiger partial charge in [-0.05, 0) is 13.8 Å². The van der Waals surface area contributed by atoms with Gasteiger partial charge in [-0.1, -0.05) is 11.8 Å². The molecule has 0 bridgehead atoms. The number of rotatable bonds is 0. The highest BCUT2D eigenvalue weighted by molar-refractivity contribution is 8.15. The number of amides is 1.